The van der Waals surface area contributed by atoms with Crippen LogP contribution in [0.5, 0.6) is 0 Å². The first kappa shape index (κ1) is 8.69. The van der Waals surface area contributed by atoms with Gasteiger partial charge in [0, 0.05) is 6.54 Å². The van der Waals surface area contributed by atoms with Gasteiger partial charge in [-0.1, -0.05) is 6.92 Å². The Morgan fingerprint density at radius 1 is 1.38 bits per heavy atom. The van der Waals surface area contributed by atoms with Gasteiger partial charge in [-0.3, -0.25) is 14.5 Å². The van der Waals surface area contributed by atoms with Gasteiger partial charge in [-0.25, -0.2) is 0 Å². The third-order valence-electron chi connectivity index (χ3n) is 2.75. The van der Waals surface area contributed by atoms with Gasteiger partial charge < -0.3 is 4.74 Å². The fraction of sp³-hybridized carbons (Fsp3) is 0.778. The summed E-state index contributed by atoms with van der Waals surface area (Å²) in [4.78, 5) is 23.9. The molecule has 1 saturated carbocycles. The highest BCUT2D eigenvalue weighted by Crippen LogP contribution is 2.38. The van der Waals surface area contributed by atoms with Crippen molar-refractivity contribution in [3.63, 3.8) is 0 Å². The van der Waals surface area contributed by atoms with E-state index in [4.69, 9.17) is 4.74 Å². The Balaban J connectivity index is 1.94. The predicted molar refractivity (Wildman–Crippen MR) is 44.8 cm³/mol. The Labute approximate surface area is 76.8 Å². The summed E-state index contributed by atoms with van der Waals surface area (Å²) in [5.74, 6) is 0.833. The average Bonchev–Trinajstić information content (AvgIpc) is 2.75. The van der Waals surface area contributed by atoms with E-state index in [1.54, 1.807) is 0 Å². The van der Waals surface area contributed by atoms with Crippen LogP contribution in [0.25, 0.3) is 0 Å². The molecule has 72 valence electrons. The van der Waals surface area contributed by atoms with Crippen molar-refractivity contribution in [2.45, 2.75) is 13.3 Å². The molecule has 1 heterocycles. The van der Waals surface area contributed by atoms with E-state index in [1.807, 2.05) is 0 Å². The SMILES string of the molecule is CC1CC1CN1C(=O)COCC1=O. The van der Waals surface area contributed by atoms with Crippen LogP contribution in [0.1, 0.15) is 13.3 Å². The van der Waals surface area contributed by atoms with E-state index >= 15 is 0 Å². The molecule has 0 N–H and O–H groups in total. The molecule has 0 spiro atoms. The molecule has 2 fully saturated rings. The van der Waals surface area contributed by atoms with Crippen LogP contribution < -0.4 is 0 Å². The number of morpholine rings is 1. The first-order valence-corrected chi connectivity index (χ1v) is 4.59. The summed E-state index contributed by atoms with van der Waals surface area (Å²) in [6.07, 6.45) is 1.14. The summed E-state index contributed by atoms with van der Waals surface area (Å²) in [6, 6.07) is 0. The standard InChI is InChI=1S/C9H13NO3/c1-6-2-7(6)3-10-8(11)4-13-5-9(10)12/h6-7H,2-5H2,1H3. The molecular formula is C9H13NO3. The van der Waals surface area contributed by atoms with Crippen LogP contribution in [-0.2, 0) is 14.3 Å². The van der Waals surface area contributed by atoms with Gasteiger partial charge in [0.25, 0.3) is 11.8 Å². The van der Waals surface area contributed by atoms with Gasteiger partial charge in [0.05, 0.1) is 0 Å². The summed E-state index contributed by atoms with van der Waals surface area (Å²) in [5, 5.41) is 0. The smallest absolute Gasteiger partial charge is 0.255 e. The van der Waals surface area contributed by atoms with Crippen molar-refractivity contribution in [1.82, 2.24) is 4.90 Å². The van der Waals surface area contributed by atoms with Crippen molar-refractivity contribution < 1.29 is 14.3 Å². The van der Waals surface area contributed by atoms with Crippen LogP contribution in [0.15, 0.2) is 0 Å². The highest BCUT2D eigenvalue weighted by Gasteiger charge is 2.38. The number of rotatable bonds is 2. The number of ether oxygens (including phenoxy) is 1. The zero-order valence-electron chi connectivity index (χ0n) is 7.66. The van der Waals surface area contributed by atoms with E-state index in [-0.39, 0.29) is 25.0 Å². The Bertz CT molecular complexity index is 235. The number of amides is 2. The molecule has 0 aromatic heterocycles. The van der Waals surface area contributed by atoms with Gasteiger partial charge in [-0.2, -0.15) is 0 Å². The molecule has 0 aromatic rings. The van der Waals surface area contributed by atoms with Crippen molar-refractivity contribution in [3.05, 3.63) is 0 Å². The third-order valence-corrected chi connectivity index (χ3v) is 2.75. The number of carbonyl (C=O) groups is 2. The summed E-state index contributed by atoms with van der Waals surface area (Å²) in [6.45, 7) is 2.86. The van der Waals surface area contributed by atoms with Gasteiger partial charge in [-0.15, -0.1) is 0 Å². The van der Waals surface area contributed by atoms with E-state index in [9.17, 15) is 9.59 Å². The second kappa shape index (κ2) is 3.10. The van der Waals surface area contributed by atoms with Crippen LogP contribution in [0.2, 0.25) is 0 Å². The lowest BCUT2D eigenvalue weighted by Crippen LogP contribution is -2.47. The molecule has 2 rings (SSSR count). The minimum absolute atomic E-state index is 0.0623. The summed E-state index contributed by atoms with van der Waals surface area (Å²) in [7, 11) is 0. The fourth-order valence-corrected chi connectivity index (χ4v) is 1.61. The normalized spacial score (nSPS) is 33.8. The second-order valence-electron chi connectivity index (χ2n) is 3.86. The number of hydrogen-bond acceptors (Lipinski definition) is 3. The number of carbonyl (C=O) groups excluding carboxylic acids is 2. The minimum atomic E-state index is -0.185. The van der Waals surface area contributed by atoms with E-state index in [2.05, 4.69) is 6.92 Å². The molecule has 0 radical (unpaired) electrons. The molecule has 2 aliphatic rings. The van der Waals surface area contributed by atoms with E-state index in [0.717, 1.165) is 6.42 Å². The van der Waals surface area contributed by atoms with Gasteiger partial charge in [0.2, 0.25) is 0 Å². The highest BCUT2D eigenvalue weighted by atomic mass is 16.5. The largest absolute Gasteiger partial charge is 0.362 e. The minimum Gasteiger partial charge on any atom is -0.362 e. The number of nitrogens with zero attached hydrogens (tertiary/aromatic N) is 1. The zero-order valence-corrected chi connectivity index (χ0v) is 7.66. The monoisotopic (exact) mass is 183 g/mol. The summed E-state index contributed by atoms with van der Waals surface area (Å²) in [5.41, 5.74) is 0. The molecule has 2 amide bonds. The molecule has 4 nitrogen and oxygen atoms in total. The van der Waals surface area contributed by atoms with Crippen LogP contribution >= 0.6 is 0 Å². The number of imide groups is 1. The Hall–Kier alpha value is -0.900. The van der Waals surface area contributed by atoms with Crippen molar-refractivity contribution in [1.29, 1.82) is 0 Å². The van der Waals surface area contributed by atoms with Crippen molar-refractivity contribution in [2.75, 3.05) is 19.8 Å². The maximum Gasteiger partial charge on any atom is 0.255 e. The predicted octanol–water partition coefficient (Wildman–Crippen LogP) is 0.0278. The van der Waals surface area contributed by atoms with Gasteiger partial charge in [0.15, 0.2) is 0 Å². The first-order valence-electron chi connectivity index (χ1n) is 4.59. The summed E-state index contributed by atoms with van der Waals surface area (Å²) >= 11 is 0. The first-order chi connectivity index (χ1) is 6.18. The second-order valence-corrected chi connectivity index (χ2v) is 3.86. The number of hydrogen-bond donors (Lipinski definition) is 0. The van der Waals surface area contributed by atoms with Crippen LogP contribution in [0.3, 0.4) is 0 Å². The van der Waals surface area contributed by atoms with E-state index in [0.29, 0.717) is 18.4 Å². The quantitative estimate of drug-likeness (QED) is 0.567. The van der Waals surface area contributed by atoms with Gasteiger partial charge in [-0.05, 0) is 18.3 Å². The van der Waals surface area contributed by atoms with Gasteiger partial charge in [0.1, 0.15) is 13.2 Å². The Kier molecular flexibility index (Phi) is 2.07. The maximum atomic E-state index is 11.3. The van der Waals surface area contributed by atoms with Crippen LogP contribution in [-0.4, -0.2) is 36.5 Å². The molecule has 13 heavy (non-hydrogen) atoms. The lowest BCUT2D eigenvalue weighted by atomic mass is 10.3. The van der Waals surface area contributed by atoms with E-state index in [1.165, 1.54) is 4.90 Å². The molecule has 0 aromatic carbocycles. The van der Waals surface area contributed by atoms with Crippen LogP contribution in [0.4, 0.5) is 0 Å². The van der Waals surface area contributed by atoms with E-state index < -0.39 is 0 Å². The van der Waals surface area contributed by atoms with Crippen LogP contribution in [0, 0.1) is 11.8 Å². The zero-order chi connectivity index (χ0) is 9.42. The highest BCUT2D eigenvalue weighted by molar-refractivity contribution is 5.98. The van der Waals surface area contributed by atoms with Crippen molar-refractivity contribution >= 4 is 11.8 Å². The Morgan fingerprint density at radius 3 is 2.38 bits per heavy atom. The third kappa shape index (κ3) is 1.72. The van der Waals surface area contributed by atoms with Gasteiger partial charge >= 0.3 is 0 Å². The Morgan fingerprint density at radius 2 is 1.92 bits per heavy atom. The topological polar surface area (TPSA) is 46.6 Å². The lowest BCUT2D eigenvalue weighted by molar-refractivity contribution is -0.158. The summed E-state index contributed by atoms with van der Waals surface area (Å²) < 4.78 is 4.81. The molecule has 2 atom stereocenters. The fourth-order valence-electron chi connectivity index (χ4n) is 1.61. The molecule has 1 saturated heterocycles. The molecule has 4 heteroatoms. The molecular weight excluding hydrogens is 170 g/mol. The molecule has 1 aliphatic heterocycles. The molecule has 1 aliphatic carbocycles. The molecule has 2 unspecified atom stereocenters. The van der Waals surface area contributed by atoms with Crippen molar-refractivity contribution in [2.24, 2.45) is 11.8 Å². The van der Waals surface area contributed by atoms with Crippen molar-refractivity contribution in [3.8, 4) is 0 Å². The lowest BCUT2D eigenvalue weighted by Gasteiger charge is -2.24. The molecule has 0 bridgehead atoms. The average molecular weight is 183 g/mol. The maximum absolute atomic E-state index is 11.3.